The Morgan fingerprint density at radius 3 is 2.24 bits per heavy atom. The Morgan fingerprint density at radius 1 is 1.04 bits per heavy atom. The molecule has 2 saturated heterocycles. The number of rotatable bonds is 13. The van der Waals surface area contributed by atoms with E-state index in [1.54, 1.807) is 20.8 Å². The molecule has 276 valence electrons. The number of benzene rings is 2. The number of azide groups is 1. The van der Waals surface area contributed by atoms with Crippen molar-refractivity contribution in [3.05, 3.63) is 82.8 Å². The quantitative estimate of drug-likeness (QED) is 0.0575. The van der Waals surface area contributed by atoms with Crippen molar-refractivity contribution < 1.29 is 42.4 Å². The van der Waals surface area contributed by atoms with Gasteiger partial charge in [-0.05, 0) is 66.7 Å². The summed E-state index contributed by atoms with van der Waals surface area (Å²) < 4.78 is 42.8. The van der Waals surface area contributed by atoms with Crippen molar-refractivity contribution in [2.24, 2.45) is 5.11 Å². The zero-order valence-corrected chi connectivity index (χ0v) is 31.7. The Balaban J connectivity index is 1.33. The first-order chi connectivity index (χ1) is 24.1. The van der Waals surface area contributed by atoms with E-state index in [1.807, 2.05) is 48.5 Å². The van der Waals surface area contributed by atoms with Gasteiger partial charge in [-0.1, -0.05) is 87.1 Å². The van der Waals surface area contributed by atoms with Crippen LogP contribution in [0.25, 0.3) is 21.6 Å². The summed E-state index contributed by atoms with van der Waals surface area (Å²) in [7, 11) is -2.21. The van der Waals surface area contributed by atoms with Crippen LogP contribution in [0, 0.1) is 0 Å². The summed E-state index contributed by atoms with van der Waals surface area (Å²) in [5.74, 6) is -1.95. The maximum absolute atomic E-state index is 13.4. The monoisotopic (exact) mass is 722 g/mol. The van der Waals surface area contributed by atoms with E-state index in [0.29, 0.717) is 0 Å². The van der Waals surface area contributed by atoms with E-state index in [9.17, 15) is 15.1 Å². The fourth-order valence-electron chi connectivity index (χ4n) is 6.44. The van der Waals surface area contributed by atoms with E-state index in [2.05, 4.69) is 55.8 Å². The number of ether oxygens (including phenoxy) is 6. The number of hydrogen-bond acceptors (Lipinski definition) is 10. The summed E-state index contributed by atoms with van der Waals surface area (Å²) in [6.45, 7) is 19.6. The first-order valence-corrected chi connectivity index (χ1v) is 20.2. The van der Waals surface area contributed by atoms with Crippen LogP contribution in [0.1, 0.15) is 58.6 Å². The van der Waals surface area contributed by atoms with E-state index in [4.69, 9.17) is 32.8 Å². The topological polar surface area (TPSA) is 160 Å². The van der Waals surface area contributed by atoms with E-state index < -0.39 is 69.0 Å². The number of hydrogen-bond donors (Lipinski definition) is 1. The molecule has 3 aliphatic rings. The largest absolute Gasteiger partial charge is 0.460 e. The fraction of sp³-hybridized carbons (Fsp3) is 0.568. The number of nitrogens with one attached hydrogen (secondary N) is 1. The second kappa shape index (κ2) is 15.5. The highest BCUT2D eigenvalue weighted by atomic mass is 28.4. The third-order valence-corrected chi connectivity index (χ3v) is 14.6. The Morgan fingerprint density at radius 2 is 1.65 bits per heavy atom. The summed E-state index contributed by atoms with van der Waals surface area (Å²) in [4.78, 5) is 29.7. The minimum atomic E-state index is -2.21. The molecular weight excluding hydrogens is 673 g/mol. The number of amides is 1. The molecule has 51 heavy (non-hydrogen) atoms. The van der Waals surface area contributed by atoms with Gasteiger partial charge in [0.15, 0.2) is 26.4 Å². The third-order valence-electron chi connectivity index (χ3n) is 10.1. The van der Waals surface area contributed by atoms with Gasteiger partial charge in [0.1, 0.15) is 37.6 Å². The maximum atomic E-state index is 13.4. The molecule has 5 rings (SSSR count). The van der Waals surface area contributed by atoms with Gasteiger partial charge in [0.2, 0.25) is 0 Å². The molecule has 1 N–H and O–H groups in total. The molecular formula is C37H50N4O9Si. The number of nitrogens with zero attached hydrogens (tertiary/aromatic N) is 3. The standard InChI is InChI=1S/C37H50N4O9Si/c1-10-19-44-33(42)29(39-35(43)45-20-27-25-17-13-11-15-23(25)24-16-12-14-18-26(24)27)22(2)47-34-30(40-41-38)32-31(49-37(6,7)50-32)28(48-34)21-46-51(8,9)36(3,4)5/h10-18,22,27-32,34H,1,19-21H2,2-9H3,(H,39,43)/t22-,28-,29+,30-,31+,32-,34+/m1/s1. The van der Waals surface area contributed by atoms with E-state index in [1.165, 1.54) is 6.08 Å². The second-order valence-corrected chi connectivity index (χ2v) is 19.9. The highest BCUT2D eigenvalue weighted by Gasteiger charge is 2.56. The lowest BCUT2D eigenvalue weighted by Gasteiger charge is -2.43. The summed E-state index contributed by atoms with van der Waals surface area (Å²) in [6.07, 6.45) is -3.67. The molecule has 2 aliphatic heterocycles. The Hall–Kier alpha value is -3.75. The van der Waals surface area contributed by atoms with Crippen molar-refractivity contribution in [2.45, 2.75) is 114 Å². The van der Waals surface area contributed by atoms with Gasteiger partial charge >= 0.3 is 12.1 Å². The van der Waals surface area contributed by atoms with Crippen LogP contribution in [0.15, 0.2) is 66.3 Å². The van der Waals surface area contributed by atoms with Crippen LogP contribution in [0.5, 0.6) is 0 Å². The van der Waals surface area contributed by atoms with Crippen molar-refractivity contribution in [1.29, 1.82) is 0 Å². The molecule has 0 unspecified atom stereocenters. The van der Waals surface area contributed by atoms with Crippen LogP contribution in [0.2, 0.25) is 18.1 Å². The van der Waals surface area contributed by atoms with Gasteiger partial charge < -0.3 is 38.2 Å². The fourth-order valence-corrected chi connectivity index (χ4v) is 7.46. The van der Waals surface area contributed by atoms with Gasteiger partial charge in [0.25, 0.3) is 0 Å². The van der Waals surface area contributed by atoms with Crippen molar-refractivity contribution >= 4 is 20.4 Å². The lowest BCUT2D eigenvalue weighted by molar-refractivity contribution is -0.260. The predicted molar refractivity (Wildman–Crippen MR) is 192 cm³/mol. The maximum Gasteiger partial charge on any atom is 0.407 e. The second-order valence-electron chi connectivity index (χ2n) is 15.1. The molecule has 0 radical (unpaired) electrons. The average Bonchev–Trinajstić information content (AvgIpc) is 3.58. The minimum absolute atomic E-state index is 0.0420. The van der Waals surface area contributed by atoms with Crippen LogP contribution in [0.4, 0.5) is 4.79 Å². The van der Waals surface area contributed by atoms with Crippen molar-refractivity contribution in [2.75, 3.05) is 19.8 Å². The highest BCUT2D eigenvalue weighted by molar-refractivity contribution is 6.74. The Bertz CT molecular complexity index is 1590. The van der Waals surface area contributed by atoms with Gasteiger partial charge in [-0.25, -0.2) is 9.59 Å². The van der Waals surface area contributed by atoms with Gasteiger partial charge in [0.05, 0.1) is 12.7 Å². The Labute approximate surface area is 300 Å². The first kappa shape index (κ1) is 38.5. The smallest absolute Gasteiger partial charge is 0.407 e. The van der Waals surface area contributed by atoms with Crippen molar-refractivity contribution in [3.63, 3.8) is 0 Å². The lowest BCUT2D eigenvalue weighted by atomic mass is 9.97. The number of esters is 1. The molecule has 0 aromatic heterocycles. The molecule has 0 saturated carbocycles. The number of carbonyl (C=O) groups is 2. The molecule has 2 aromatic rings. The van der Waals surface area contributed by atoms with Crippen LogP contribution in [0.3, 0.4) is 0 Å². The molecule has 14 heteroatoms. The number of alkyl carbamates (subject to hydrolysis) is 1. The van der Waals surface area contributed by atoms with Gasteiger partial charge in [-0.2, -0.15) is 0 Å². The SMILES string of the molecule is C=CCOC(=O)[C@@H](NC(=O)OCC1c2ccccc2-c2ccccc21)[C@@H](C)O[C@H]1O[C@H](CO[Si](C)(C)C(C)(C)C)[C@@H]2OC(C)(C)O[C@@H]2[C@H]1N=[N+]=[N-]. The van der Waals surface area contributed by atoms with E-state index in [-0.39, 0.29) is 30.8 Å². The molecule has 13 nitrogen and oxygen atoms in total. The molecule has 1 aliphatic carbocycles. The summed E-state index contributed by atoms with van der Waals surface area (Å²) >= 11 is 0. The van der Waals surface area contributed by atoms with Crippen LogP contribution >= 0.6 is 0 Å². The van der Waals surface area contributed by atoms with Gasteiger partial charge in [0, 0.05) is 10.8 Å². The molecule has 0 spiro atoms. The molecule has 7 atom stereocenters. The van der Waals surface area contributed by atoms with Gasteiger partial charge in [-0.3, -0.25) is 0 Å². The molecule has 2 heterocycles. The third kappa shape index (κ3) is 8.49. The predicted octanol–water partition coefficient (Wildman–Crippen LogP) is 6.97. The van der Waals surface area contributed by atoms with Gasteiger partial charge in [-0.15, -0.1) is 0 Å². The number of carbonyl (C=O) groups excluding carboxylic acids is 2. The van der Waals surface area contributed by atoms with Crippen LogP contribution in [-0.2, 0) is 37.6 Å². The molecule has 2 aromatic carbocycles. The zero-order valence-electron chi connectivity index (χ0n) is 30.7. The normalized spacial score (nSPS) is 25.0. The highest BCUT2D eigenvalue weighted by Crippen LogP contribution is 2.45. The van der Waals surface area contributed by atoms with E-state index >= 15 is 0 Å². The Kier molecular flexibility index (Phi) is 11.7. The first-order valence-electron chi connectivity index (χ1n) is 17.3. The zero-order chi connectivity index (χ0) is 37.1. The molecule has 0 bridgehead atoms. The van der Waals surface area contributed by atoms with Crippen molar-refractivity contribution in [1.82, 2.24) is 5.32 Å². The number of fused-ring (bicyclic) bond motifs is 4. The summed E-state index contributed by atoms with van der Waals surface area (Å²) in [6, 6.07) is 13.7. The van der Waals surface area contributed by atoms with Crippen LogP contribution in [-0.4, -0.2) is 88.8 Å². The molecule has 1 amide bonds. The molecule has 2 fully saturated rings. The lowest BCUT2D eigenvalue weighted by Crippen LogP contribution is -2.60. The van der Waals surface area contributed by atoms with E-state index in [0.717, 1.165) is 22.3 Å². The van der Waals surface area contributed by atoms with Crippen LogP contribution < -0.4 is 5.32 Å². The summed E-state index contributed by atoms with van der Waals surface area (Å²) in [5, 5.41) is 6.56. The average molecular weight is 723 g/mol. The van der Waals surface area contributed by atoms with Crippen molar-refractivity contribution in [3.8, 4) is 11.1 Å². The summed E-state index contributed by atoms with van der Waals surface area (Å²) in [5.41, 5.74) is 13.8. The minimum Gasteiger partial charge on any atom is -0.460 e.